The van der Waals surface area contributed by atoms with Crippen LogP contribution in [0.2, 0.25) is 5.02 Å². The van der Waals surface area contributed by atoms with Gasteiger partial charge in [-0.15, -0.1) is 0 Å². The molecule has 4 aromatic rings. The molecule has 1 aromatic carbocycles. The van der Waals surface area contributed by atoms with E-state index in [9.17, 15) is 9.18 Å². The van der Waals surface area contributed by atoms with Crippen LogP contribution in [0.1, 0.15) is 52.0 Å². The average Bonchev–Trinajstić information content (AvgIpc) is 3.53. The van der Waals surface area contributed by atoms with Gasteiger partial charge in [-0.2, -0.15) is 10.2 Å². The van der Waals surface area contributed by atoms with Gasteiger partial charge < -0.3 is 21.1 Å². The lowest BCUT2D eigenvalue weighted by molar-refractivity contribution is 0.0492. The topological polar surface area (TPSA) is 124 Å². The number of hydrogen-bond donors (Lipinski definition) is 3. The lowest BCUT2D eigenvalue weighted by atomic mass is 9.91. The molecule has 5 rings (SSSR count). The molecule has 1 fully saturated rings. The van der Waals surface area contributed by atoms with E-state index in [1.807, 2.05) is 46.3 Å². The fourth-order valence-corrected chi connectivity index (χ4v) is 5.11. The summed E-state index contributed by atoms with van der Waals surface area (Å²) < 4.78 is 22.9. The van der Waals surface area contributed by atoms with E-state index in [1.54, 1.807) is 21.6 Å². The molecule has 10 nitrogen and oxygen atoms in total. The highest BCUT2D eigenvalue weighted by Crippen LogP contribution is 2.32. The van der Waals surface area contributed by atoms with Crippen molar-refractivity contribution < 1.29 is 13.9 Å². The van der Waals surface area contributed by atoms with Crippen LogP contribution in [0.3, 0.4) is 0 Å². The molecular weight excluding hydrogens is 547 g/mol. The normalized spacial score (nSPS) is 18.0. The fourth-order valence-electron chi connectivity index (χ4n) is 4.95. The van der Waals surface area contributed by atoms with Gasteiger partial charge in [-0.3, -0.25) is 4.68 Å². The molecular formula is C29H34ClFN8O2. The summed E-state index contributed by atoms with van der Waals surface area (Å²) in [4.78, 5) is 16.7. The zero-order valence-electron chi connectivity index (χ0n) is 23.5. The Morgan fingerprint density at radius 1 is 1.10 bits per heavy atom. The molecule has 0 unspecified atom stereocenters. The molecule has 0 radical (unpaired) electrons. The van der Waals surface area contributed by atoms with Crippen LogP contribution >= 0.6 is 11.6 Å². The molecule has 1 saturated carbocycles. The third-order valence-corrected chi connectivity index (χ3v) is 7.22. The molecule has 1 amide bonds. The number of aliphatic imine (C=N–C) groups is 1. The van der Waals surface area contributed by atoms with Gasteiger partial charge in [0.25, 0.3) is 0 Å². The molecule has 3 aromatic heterocycles. The third kappa shape index (κ3) is 6.79. The van der Waals surface area contributed by atoms with Crippen molar-refractivity contribution in [3.05, 3.63) is 65.5 Å². The first-order chi connectivity index (χ1) is 19.4. The highest BCUT2D eigenvalue weighted by atomic mass is 35.5. The first-order valence-corrected chi connectivity index (χ1v) is 13.9. The Morgan fingerprint density at radius 3 is 2.51 bits per heavy atom. The maximum absolute atomic E-state index is 13.9. The number of halogens is 2. The van der Waals surface area contributed by atoms with E-state index >= 15 is 0 Å². The number of amides is 1. The second-order valence-corrected chi connectivity index (χ2v) is 11.7. The second kappa shape index (κ2) is 11.4. The summed E-state index contributed by atoms with van der Waals surface area (Å²) in [6.45, 7) is 5.54. The van der Waals surface area contributed by atoms with Crippen LogP contribution in [0, 0.1) is 5.82 Å². The maximum Gasteiger partial charge on any atom is 0.407 e. The van der Waals surface area contributed by atoms with Gasteiger partial charge in [0.05, 0.1) is 39.9 Å². The van der Waals surface area contributed by atoms with Crippen molar-refractivity contribution in [3.8, 4) is 11.1 Å². The number of ether oxygens (including phenoxy) is 1. The van der Waals surface area contributed by atoms with E-state index in [4.69, 9.17) is 22.1 Å². The quantitative estimate of drug-likeness (QED) is 0.195. The molecule has 1 aliphatic rings. The van der Waals surface area contributed by atoms with Gasteiger partial charge in [-0.25, -0.2) is 18.7 Å². The van der Waals surface area contributed by atoms with Crippen LogP contribution in [0.25, 0.3) is 16.6 Å². The lowest BCUT2D eigenvalue weighted by Crippen LogP contribution is -2.42. The summed E-state index contributed by atoms with van der Waals surface area (Å²) >= 11 is 6.26. The van der Waals surface area contributed by atoms with Crippen LogP contribution in [0.15, 0.2) is 54.0 Å². The Morgan fingerprint density at radius 2 is 1.83 bits per heavy atom. The molecule has 0 bridgehead atoms. The van der Waals surface area contributed by atoms with Crippen molar-refractivity contribution in [2.45, 2.75) is 64.1 Å². The largest absolute Gasteiger partial charge is 0.444 e. The Bertz CT molecular complexity index is 1600. The standard InChI is InChI=1S/C29H34ClFN8O2/c1-29(2,3)41-28(40)36-21-8-6-20(7-9-21)35-26-22(27(32)37-24-12-19(31)5-10-23(24)30)14-34-39-16-17(11-25(26)39)18-13-33-38(4)15-18/h5,10-16,20-21,35H,6-9H2,1-4H3,(H2,32,37)(H,36,40). The second-order valence-electron chi connectivity index (χ2n) is 11.3. The number of fused-ring (bicyclic) bond motifs is 1. The zero-order chi connectivity index (χ0) is 29.3. The van der Waals surface area contributed by atoms with Crippen LogP contribution < -0.4 is 16.4 Å². The van der Waals surface area contributed by atoms with E-state index in [2.05, 4.69) is 25.8 Å². The molecule has 3 heterocycles. The number of carbonyl (C=O) groups excluding carboxylic acids is 1. The highest BCUT2D eigenvalue weighted by molar-refractivity contribution is 6.33. The number of nitrogens with one attached hydrogen (secondary N) is 2. The minimum absolute atomic E-state index is 0.0343. The van der Waals surface area contributed by atoms with Gasteiger partial charge in [0.15, 0.2) is 0 Å². The number of nitrogens with zero attached hydrogens (tertiary/aromatic N) is 5. The lowest BCUT2D eigenvalue weighted by Gasteiger charge is -2.31. The predicted molar refractivity (Wildman–Crippen MR) is 158 cm³/mol. The molecule has 12 heteroatoms. The van der Waals surface area contributed by atoms with Gasteiger partial charge in [0.2, 0.25) is 0 Å². The Kier molecular flexibility index (Phi) is 7.90. The molecule has 4 N–H and O–H groups in total. The van der Waals surface area contributed by atoms with Gasteiger partial charge in [-0.05, 0) is 64.7 Å². The summed E-state index contributed by atoms with van der Waals surface area (Å²) in [6, 6.07) is 6.12. The molecule has 0 aliphatic heterocycles. The van der Waals surface area contributed by atoms with Gasteiger partial charge >= 0.3 is 6.09 Å². The van der Waals surface area contributed by atoms with E-state index < -0.39 is 17.5 Å². The predicted octanol–water partition coefficient (Wildman–Crippen LogP) is 5.81. The summed E-state index contributed by atoms with van der Waals surface area (Å²) in [7, 11) is 1.87. The monoisotopic (exact) mass is 580 g/mol. The number of carbonyl (C=O) groups is 1. The summed E-state index contributed by atoms with van der Waals surface area (Å²) in [5.41, 5.74) is 10.2. The third-order valence-electron chi connectivity index (χ3n) is 6.90. The fraction of sp³-hybridized carbons (Fsp3) is 0.379. The van der Waals surface area contributed by atoms with Crippen molar-refractivity contribution in [2.24, 2.45) is 17.8 Å². The first-order valence-electron chi connectivity index (χ1n) is 13.5. The van der Waals surface area contributed by atoms with E-state index in [-0.39, 0.29) is 28.6 Å². The molecule has 0 saturated heterocycles. The first kappa shape index (κ1) is 28.4. The van der Waals surface area contributed by atoms with Crippen molar-refractivity contribution in [1.29, 1.82) is 0 Å². The van der Waals surface area contributed by atoms with Crippen molar-refractivity contribution in [1.82, 2.24) is 24.7 Å². The van der Waals surface area contributed by atoms with E-state index in [1.165, 1.54) is 18.2 Å². The molecule has 216 valence electrons. The number of benzene rings is 1. The minimum Gasteiger partial charge on any atom is -0.444 e. The average molecular weight is 581 g/mol. The number of hydrogen-bond acceptors (Lipinski definition) is 6. The number of amidine groups is 1. The number of rotatable bonds is 6. The molecule has 0 atom stereocenters. The van der Waals surface area contributed by atoms with Crippen molar-refractivity contribution >= 4 is 40.4 Å². The van der Waals surface area contributed by atoms with Crippen LogP contribution in [0.4, 0.5) is 20.6 Å². The van der Waals surface area contributed by atoms with Crippen LogP contribution in [-0.4, -0.2) is 49.0 Å². The SMILES string of the molecule is Cn1cc(-c2cc3c(NC4CCC(NC(=O)OC(C)(C)C)CC4)c(C(N)=Nc4cc(F)ccc4Cl)cnn3c2)cn1. The smallest absolute Gasteiger partial charge is 0.407 e. The van der Waals surface area contributed by atoms with Crippen LogP contribution in [0.5, 0.6) is 0 Å². The summed E-state index contributed by atoms with van der Waals surface area (Å²) in [5, 5.41) is 15.8. The number of alkyl carbamates (subject to hydrolysis) is 1. The molecule has 0 spiro atoms. The summed E-state index contributed by atoms with van der Waals surface area (Å²) in [6.07, 6.45) is 10.1. The van der Waals surface area contributed by atoms with Crippen molar-refractivity contribution in [2.75, 3.05) is 5.32 Å². The Labute approximate surface area is 242 Å². The van der Waals surface area contributed by atoms with E-state index in [0.29, 0.717) is 5.56 Å². The number of aromatic nitrogens is 4. The zero-order valence-corrected chi connectivity index (χ0v) is 24.2. The van der Waals surface area contributed by atoms with Crippen molar-refractivity contribution in [3.63, 3.8) is 0 Å². The minimum atomic E-state index is -0.547. The van der Waals surface area contributed by atoms with Gasteiger partial charge in [0, 0.05) is 48.7 Å². The maximum atomic E-state index is 13.9. The number of nitrogens with two attached hydrogens (primary N) is 1. The van der Waals surface area contributed by atoms with Crippen LogP contribution in [-0.2, 0) is 11.8 Å². The number of anilines is 1. The van der Waals surface area contributed by atoms with Gasteiger partial charge in [-0.1, -0.05) is 11.6 Å². The Balaban J connectivity index is 1.44. The molecule has 41 heavy (non-hydrogen) atoms. The van der Waals surface area contributed by atoms with Gasteiger partial charge in [0.1, 0.15) is 17.3 Å². The highest BCUT2D eigenvalue weighted by Gasteiger charge is 2.26. The molecule has 1 aliphatic carbocycles. The number of aryl methyl sites for hydroxylation is 1. The Hall–Kier alpha value is -4.12. The van der Waals surface area contributed by atoms with E-state index in [0.717, 1.165) is 48.0 Å². The summed E-state index contributed by atoms with van der Waals surface area (Å²) in [5.74, 6) is -0.309.